The molecule has 0 saturated carbocycles. The number of fused-ring (bicyclic) bond motifs is 1. The number of nitrogens with one attached hydrogen (secondary N) is 2. The number of para-hydroxylation sites is 1. The van der Waals surface area contributed by atoms with Crippen LogP contribution in [0.1, 0.15) is 27.2 Å². The summed E-state index contributed by atoms with van der Waals surface area (Å²) in [6.07, 6.45) is 2.50. The van der Waals surface area contributed by atoms with Crippen LogP contribution in [-0.4, -0.2) is 52.0 Å². The molecule has 0 spiro atoms. The van der Waals surface area contributed by atoms with Crippen molar-refractivity contribution < 1.29 is 33.8 Å². The number of hydrogen-bond acceptors (Lipinski definition) is 6. The first-order chi connectivity index (χ1) is 16.8. The van der Waals surface area contributed by atoms with Gasteiger partial charge in [0.2, 0.25) is 5.91 Å². The molecule has 1 aromatic heterocycles. The number of nitrogens with zero attached hydrogens (tertiary/aromatic N) is 1. The molecule has 4 rings (SSSR count). The van der Waals surface area contributed by atoms with Gasteiger partial charge in [-0.05, 0) is 41.8 Å². The number of aliphatic carboxylic acids is 2. The Morgan fingerprint density at radius 1 is 0.886 bits per heavy atom. The van der Waals surface area contributed by atoms with Crippen LogP contribution in [0, 0.1) is 0 Å². The molecular formula is C25H25N3O7. The van der Waals surface area contributed by atoms with Crippen molar-refractivity contribution in [3.8, 4) is 0 Å². The maximum absolute atomic E-state index is 12.6. The van der Waals surface area contributed by atoms with Crippen molar-refractivity contribution in [1.82, 2.24) is 10.2 Å². The molecule has 10 heteroatoms. The molecular weight excluding hydrogens is 454 g/mol. The monoisotopic (exact) mass is 479 g/mol. The predicted octanol–water partition coefficient (Wildman–Crippen LogP) is 2.36. The van der Waals surface area contributed by atoms with E-state index in [1.54, 1.807) is 42.7 Å². The maximum Gasteiger partial charge on any atom is 0.414 e. The van der Waals surface area contributed by atoms with Gasteiger partial charge in [0.05, 0.1) is 30.6 Å². The van der Waals surface area contributed by atoms with E-state index in [2.05, 4.69) is 33.7 Å². The van der Waals surface area contributed by atoms with E-state index >= 15 is 0 Å². The summed E-state index contributed by atoms with van der Waals surface area (Å²) in [6, 6.07) is 18.9. The van der Waals surface area contributed by atoms with E-state index in [4.69, 9.17) is 24.2 Å². The number of carboxylic acids is 2. The molecule has 0 atom stereocenters. The topological polar surface area (TPSA) is 149 Å². The third kappa shape index (κ3) is 7.54. The number of benzene rings is 2. The first kappa shape index (κ1) is 25.2. The van der Waals surface area contributed by atoms with Crippen molar-refractivity contribution in [1.29, 1.82) is 0 Å². The lowest BCUT2D eigenvalue weighted by Gasteiger charge is -2.28. The Morgan fingerprint density at radius 2 is 1.57 bits per heavy atom. The van der Waals surface area contributed by atoms with Gasteiger partial charge in [-0.15, -0.1) is 0 Å². The molecule has 0 bridgehead atoms. The number of anilines is 1. The van der Waals surface area contributed by atoms with Gasteiger partial charge in [0, 0.05) is 13.1 Å². The molecule has 35 heavy (non-hydrogen) atoms. The van der Waals surface area contributed by atoms with Gasteiger partial charge >= 0.3 is 11.9 Å². The Morgan fingerprint density at radius 3 is 2.26 bits per heavy atom. The fraction of sp³-hybridized carbons (Fsp3) is 0.200. The molecule has 1 aliphatic rings. The summed E-state index contributed by atoms with van der Waals surface area (Å²) in [6.45, 7) is 2.18. The Hall–Kier alpha value is -4.44. The van der Waals surface area contributed by atoms with Gasteiger partial charge in [0.1, 0.15) is 5.76 Å². The normalized spacial score (nSPS) is 12.5. The highest BCUT2D eigenvalue weighted by Crippen LogP contribution is 2.19. The second-order valence-corrected chi connectivity index (χ2v) is 7.70. The molecule has 0 fully saturated rings. The first-order valence-corrected chi connectivity index (χ1v) is 10.8. The van der Waals surface area contributed by atoms with Crippen LogP contribution in [0.25, 0.3) is 0 Å². The van der Waals surface area contributed by atoms with Crippen LogP contribution in [0.4, 0.5) is 5.69 Å². The zero-order valence-corrected chi connectivity index (χ0v) is 18.8. The highest BCUT2D eigenvalue weighted by atomic mass is 16.4. The van der Waals surface area contributed by atoms with Crippen LogP contribution in [0.5, 0.6) is 0 Å². The first-order valence-electron chi connectivity index (χ1n) is 10.8. The minimum atomic E-state index is -1.82. The number of carboxylic acid groups (broad SMARTS) is 2. The third-order valence-electron chi connectivity index (χ3n) is 5.21. The number of hydrogen-bond donors (Lipinski definition) is 4. The predicted molar refractivity (Wildman–Crippen MR) is 126 cm³/mol. The Labute approximate surface area is 201 Å². The van der Waals surface area contributed by atoms with Crippen molar-refractivity contribution in [3.05, 3.63) is 89.4 Å². The Balaban J connectivity index is 0.000000509. The van der Waals surface area contributed by atoms with Gasteiger partial charge in [-0.3, -0.25) is 14.5 Å². The molecule has 0 unspecified atom stereocenters. The standard InChI is InChI=1S/C23H23N3O3.C2H2O4/c27-22(16-26-12-11-17-6-1-2-7-18(17)15-26)25-21-10-4-3-9-20(21)23(28)24-14-19-8-5-13-29-19;3-1(4)2(5)6/h1-10,13H,11-12,14-16H2,(H,24,28)(H,25,27);(H,3,4)(H,5,6). The second-order valence-electron chi connectivity index (χ2n) is 7.70. The molecule has 0 saturated heterocycles. The summed E-state index contributed by atoms with van der Waals surface area (Å²) in [7, 11) is 0. The van der Waals surface area contributed by atoms with Crippen molar-refractivity contribution in [3.63, 3.8) is 0 Å². The van der Waals surface area contributed by atoms with Gasteiger partial charge in [-0.25, -0.2) is 9.59 Å². The summed E-state index contributed by atoms with van der Waals surface area (Å²) in [4.78, 5) is 45.5. The summed E-state index contributed by atoms with van der Waals surface area (Å²) >= 11 is 0. The fourth-order valence-corrected chi connectivity index (χ4v) is 3.55. The maximum atomic E-state index is 12.6. The van der Waals surface area contributed by atoms with Crippen molar-refractivity contribution in [2.24, 2.45) is 0 Å². The van der Waals surface area contributed by atoms with Crippen LogP contribution in [0.2, 0.25) is 0 Å². The summed E-state index contributed by atoms with van der Waals surface area (Å²) in [5, 5.41) is 20.5. The number of carbonyl (C=O) groups excluding carboxylic acids is 2. The SMILES string of the molecule is O=C(CN1CCc2ccccc2C1)Nc1ccccc1C(=O)NCc1ccco1.O=C(O)C(=O)O. The molecule has 3 aromatic rings. The summed E-state index contributed by atoms with van der Waals surface area (Å²) < 4.78 is 5.23. The van der Waals surface area contributed by atoms with E-state index < -0.39 is 11.9 Å². The van der Waals surface area contributed by atoms with Crippen LogP contribution in [0.3, 0.4) is 0 Å². The van der Waals surface area contributed by atoms with Gasteiger partial charge in [-0.2, -0.15) is 0 Å². The fourth-order valence-electron chi connectivity index (χ4n) is 3.55. The van der Waals surface area contributed by atoms with Crippen LogP contribution >= 0.6 is 0 Å². The molecule has 2 aromatic carbocycles. The lowest BCUT2D eigenvalue weighted by molar-refractivity contribution is -0.159. The molecule has 10 nitrogen and oxygen atoms in total. The van der Waals surface area contributed by atoms with Gasteiger partial charge in [-0.1, -0.05) is 36.4 Å². The molecule has 2 heterocycles. The Bertz CT molecular complexity index is 1180. The van der Waals surface area contributed by atoms with E-state index in [0.29, 0.717) is 23.6 Å². The zero-order valence-electron chi connectivity index (χ0n) is 18.8. The van der Waals surface area contributed by atoms with Crippen LogP contribution in [0.15, 0.2) is 71.3 Å². The van der Waals surface area contributed by atoms with E-state index in [9.17, 15) is 9.59 Å². The minimum Gasteiger partial charge on any atom is -0.473 e. The van der Waals surface area contributed by atoms with Crippen LogP contribution < -0.4 is 10.6 Å². The largest absolute Gasteiger partial charge is 0.473 e. The van der Waals surface area contributed by atoms with Gasteiger partial charge in [0.25, 0.3) is 5.91 Å². The lowest BCUT2D eigenvalue weighted by Crippen LogP contribution is -2.37. The van der Waals surface area contributed by atoms with Gasteiger partial charge < -0.3 is 25.3 Å². The quantitative estimate of drug-likeness (QED) is 0.394. The van der Waals surface area contributed by atoms with E-state index in [1.807, 2.05) is 6.07 Å². The lowest BCUT2D eigenvalue weighted by atomic mass is 10.00. The second kappa shape index (κ2) is 12.1. The number of amides is 2. The molecule has 1 aliphatic heterocycles. The van der Waals surface area contributed by atoms with E-state index in [0.717, 1.165) is 19.5 Å². The average Bonchev–Trinajstić information content (AvgIpc) is 3.37. The van der Waals surface area contributed by atoms with Crippen molar-refractivity contribution in [2.45, 2.75) is 19.5 Å². The number of carbonyl (C=O) groups is 4. The van der Waals surface area contributed by atoms with Gasteiger partial charge in [0.15, 0.2) is 0 Å². The molecule has 182 valence electrons. The third-order valence-corrected chi connectivity index (χ3v) is 5.21. The highest BCUT2D eigenvalue weighted by Gasteiger charge is 2.19. The molecule has 0 aliphatic carbocycles. The van der Waals surface area contributed by atoms with Crippen molar-refractivity contribution in [2.75, 3.05) is 18.4 Å². The molecule has 2 amide bonds. The van der Waals surface area contributed by atoms with Crippen molar-refractivity contribution >= 4 is 29.4 Å². The molecule has 0 radical (unpaired) electrons. The summed E-state index contributed by atoms with van der Waals surface area (Å²) in [5.74, 6) is -3.37. The van der Waals surface area contributed by atoms with E-state index in [1.165, 1.54) is 11.1 Å². The zero-order chi connectivity index (χ0) is 25.2. The summed E-state index contributed by atoms with van der Waals surface area (Å²) in [5.41, 5.74) is 3.55. The highest BCUT2D eigenvalue weighted by molar-refractivity contribution is 6.27. The van der Waals surface area contributed by atoms with Crippen LogP contribution in [-0.2, 0) is 33.9 Å². The number of rotatable bonds is 6. The smallest absolute Gasteiger partial charge is 0.414 e. The minimum absolute atomic E-state index is 0.129. The average molecular weight is 479 g/mol. The Kier molecular flexibility index (Phi) is 8.74. The number of furan rings is 1. The van der Waals surface area contributed by atoms with E-state index in [-0.39, 0.29) is 18.4 Å². The molecule has 4 N–H and O–H groups in total.